The van der Waals surface area contributed by atoms with Gasteiger partial charge in [0, 0.05) is 44.1 Å². The van der Waals surface area contributed by atoms with Crippen molar-refractivity contribution in [3.05, 3.63) is 40.9 Å². The van der Waals surface area contributed by atoms with E-state index in [9.17, 15) is 4.79 Å². The predicted octanol–water partition coefficient (Wildman–Crippen LogP) is 1.37. The molecule has 2 aromatic rings. The van der Waals surface area contributed by atoms with Gasteiger partial charge in [0.2, 0.25) is 5.76 Å². The quantitative estimate of drug-likeness (QED) is 0.834. The highest BCUT2D eigenvalue weighted by Gasteiger charge is 2.28. The van der Waals surface area contributed by atoms with Crippen molar-refractivity contribution in [2.75, 3.05) is 31.2 Å². The second kappa shape index (κ2) is 5.66. The van der Waals surface area contributed by atoms with E-state index in [1.54, 1.807) is 11.0 Å². The van der Waals surface area contributed by atoms with Crippen LogP contribution in [0.25, 0.3) is 0 Å². The molecule has 0 bridgehead atoms. The number of ether oxygens (including phenoxy) is 1. The Hall–Kier alpha value is -2.41. The van der Waals surface area contributed by atoms with Crippen molar-refractivity contribution in [1.82, 2.24) is 15.0 Å². The highest BCUT2D eigenvalue weighted by molar-refractivity contribution is 5.92. The molecule has 1 fully saturated rings. The second-order valence-electron chi connectivity index (χ2n) is 5.90. The summed E-state index contributed by atoms with van der Waals surface area (Å²) in [5, 5.41) is 4.03. The van der Waals surface area contributed by atoms with Gasteiger partial charge in [-0.2, -0.15) is 0 Å². The topological polar surface area (TPSA) is 71.7 Å². The number of anilines is 1. The average Bonchev–Trinajstić information content (AvgIpc) is 3.21. The minimum absolute atomic E-state index is 0.133. The number of fused-ring (bicyclic) bond motifs is 1. The molecule has 23 heavy (non-hydrogen) atoms. The minimum atomic E-state index is -0.133. The number of hydrogen-bond donors (Lipinski definition) is 0. The fraction of sp³-hybridized carbons (Fsp3) is 0.438. The molecule has 0 N–H and O–H groups in total. The number of nitrogens with zero attached hydrogens (tertiary/aromatic N) is 4. The maximum Gasteiger partial charge on any atom is 0.293 e. The van der Waals surface area contributed by atoms with E-state index in [0.29, 0.717) is 32.1 Å². The summed E-state index contributed by atoms with van der Waals surface area (Å²) in [6, 6.07) is 3.75. The lowest BCUT2D eigenvalue weighted by Gasteiger charge is -2.25. The van der Waals surface area contributed by atoms with Gasteiger partial charge in [-0.15, -0.1) is 0 Å². The van der Waals surface area contributed by atoms with Crippen LogP contribution in [0, 0.1) is 6.92 Å². The first-order valence-corrected chi connectivity index (χ1v) is 7.74. The largest absolute Gasteiger partial charge is 0.378 e. The van der Waals surface area contributed by atoms with Crippen LogP contribution in [-0.4, -0.2) is 47.3 Å². The van der Waals surface area contributed by atoms with Crippen LogP contribution in [0.2, 0.25) is 0 Å². The van der Waals surface area contributed by atoms with Gasteiger partial charge in [0.05, 0.1) is 13.2 Å². The van der Waals surface area contributed by atoms with Gasteiger partial charge in [-0.3, -0.25) is 9.78 Å². The van der Waals surface area contributed by atoms with E-state index < -0.39 is 0 Å². The van der Waals surface area contributed by atoms with Gasteiger partial charge < -0.3 is 19.1 Å². The zero-order valence-corrected chi connectivity index (χ0v) is 13.0. The highest BCUT2D eigenvalue weighted by atomic mass is 16.5. The van der Waals surface area contributed by atoms with Crippen molar-refractivity contribution in [1.29, 1.82) is 0 Å². The lowest BCUT2D eigenvalue weighted by atomic mass is 10.2. The third-order valence-corrected chi connectivity index (χ3v) is 4.27. The molecular formula is C16H18N4O3. The monoisotopic (exact) mass is 314 g/mol. The Labute approximate surface area is 133 Å². The summed E-state index contributed by atoms with van der Waals surface area (Å²) in [5.74, 6) is 0.848. The van der Waals surface area contributed by atoms with E-state index in [1.165, 1.54) is 0 Å². The van der Waals surface area contributed by atoms with E-state index in [4.69, 9.17) is 9.26 Å². The molecule has 4 rings (SSSR count). The van der Waals surface area contributed by atoms with Crippen LogP contribution >= 0.6 is 0 Å². The summed E-state index contributed by atoms with van der Waals surface area (Å²) in [7, 11) is 0. The zero-order chi connectivity index (χ0) is 15.8. The molecule has 0 radical (unpaired) electrons. The van der Waals surface area contributed by atoms with Crippen LogP contribution in [0.5, 0.6) is 0 Å². The van der Waals surface area contributed by atoms with Crippen LogP contribution in [-0.2, 0) is 17.8 Å². The van der Waals surface area contributed by atoms with Gasteiger partial charge in [-0.05, 0) is 24.1 Å². The van der Waals surface area contributed by atoms with Crippen molar-refractivity contribution < 1.29 is 14.1 Å². The van der Waals surface area contributed by atoms with Gasteiger partial charge in [0.1, 0.15) is 0 Å². The summed E-state index contributed by atoms with van der Waals surface area (Å²) >= 11 is 0. The van der Waals surface area contributed by atoms with E-state index in [2.05, 4.69) is 15.0 Å². The molecule has 4 heterocycles. The third-order valence-electron chi connectivity index (χ3n) is 4.27. The molecule has 7 nitrogen and oxygen atoms in total. The smallest absolute Gasteiger partial charge is 0.293 e. The molecule has 0 aliphatic carbocycles. The van der Waals surface area contributed by atoms with E-state index in [1.807, 2.05) is 19.2 Å². The number of hydrogen-bond acceptors (Lipinski definition) is 6. The SMILES string of the molecule is Cc1cc2c(cn1)CN(C(=O)c1cc(N3CCOCC3)no1)C2. The standard InChI is InChI=1S/C16H18N4O3/c1-11-6-12-9-20(10-13(12)8-17-11)16(21)14-7-15(18-23-14)19-2-4-22-5-3-19/h6-8H,2-5,9-10H2,1H3. The molecule has 0 saturated carbocycles. The van der Waals surface area contributed by atoms with Crippen molar-refractivity contribution >= 4 is 11.7 Å². The summed E-state index contributed by atoms with van der Waals surface area (Å²) in [5.41, 5.74) is 3.21. The second-order valence-corrected chi connectivity index (χ2v) is 5.90. The maximum atomic E-state index is 12.6. The Kier molecular flexibility index (Phi) is 3.49. The third kappa shape index (κ3) is 2.68. The summed E-state index contributed by atoms with van der Waals surface area (Å²) in [4.78, 5) is 20.7. The maximum absolute atomic E-state index is 12.6. The van der Waals surface area contributed by atoms with E-state index in [-0.39, 0.29) is 11.7 Å². The van der Waals surface area contributed by atoms with Crippen LogP contribution < -0.4 is 4.90 Å². The van der Waals surface area contributed by atoms with Gasteiger partial charge in [0.15, 0.2) is 5.82 Å². The number of carbonyl (C=O) groups is 1. The molecule has 2 aromatic heterocycles. The van der Waals surface area contributed by atoms with E-state index in [0.717, 1.165) is 29.9 Å². The molecular weight excluding hydrogens is 296 g/mol. The van der Waals surface area contributed by atoms with Gasteiger partial charge in [-0.25, -0.2) is 0 Å². The first-order valence-electron chi connectivity index (χ1n) is 7.74. The van der Waals surface area contributed by atoms with E-state index >= 15 is 0 Å². The first kappa shape index (κ1) is 14.2. The van der Waals surface area contributed by atoms with Crippen molar-refractivity contribution in [2.45, 2.75) is 20.0 Å². The lowest BCUT2D eigenvalue weighted by Crippen LogP contribution is -2.36. The number of rotatable bonds is 2. The van der Waals surface area contributed by atoms with Gasteiger partial charge in [-0.1, -0.05) is 5.16 Å². The fourth-order valence-electron chi connectivity index (χ4n) is 3.01. The highest BCUT2D eigenvalue weighted by Crippen LogP contribution is 2.25. The summed E-state index contributed by atoms with van der Waals surface area (Å²) in [6.07, 6.45) is 1.84. The minimum Gasteiger partial charge on any atom is -0.378 e. The molecule has 120 valence electrons. The Bertz CT molecular complexity index is 737. The molecule has 2 aliphatic rings. The first-order chi connectivity index (χ1) is 11.2. The lowest BCUT2D eigenvalue weighted by molar-refractivity contribution is 0.0709. The predicted molar refractivity (Wildman–Crippen MR) is 82.1 cm³/mol. The van der Waals surface area contributed by atoms with Crippen LogP contribution in [0.3, 0.4) is 0 Å². The number of aromatic nitrogens is 2. The zero-order valence-electron chi connectivity index (χ0n) is 13.0. The van der Waals surface area contributed by atoms with Crippen molar-refractivity contribution in [3.8, 4) is 0 Å². The molecule has 1 amide bonds. The fourth-order valence-corrected chi connectivity index (χ4v) is 3.01. The number of morpholine rings is 1. The molecule has 7 heteroatoms. The normalized spacial score (nSPS) is 17.4. The number of amides is 1. The Morgan fingerprint density at radius 2 is 1.96 bits per heavy atom. The number of carbonyl (C=O) groups excluding carboxylic acids is 1. The summed E-state index contributed by atoms with van der Waals surface area (Å²) < 4.78 is 10.6. The molecule has 0 aromatic carbocycles. The molecule has 0 atom stereocenters. The summed E-state index contributed by atoms with van der Waals surface area (Å²) in [6.45, 7) is 5.98. The molecule has 1 saturated heterocycles. The number of pyridine rings is 1. The number of aryl methyl sites for hydroxylation is 1. The van der Waals surface area contributed by atoms with Crippen molar-refractivity contribution in [2.24, 2.45) is 0 Å². The Balaban J connectivity index is 1.49. The van der Waals surface area contributed by atoms with Crippen LogP contribution in [0.1, 0.15) is 27.4 Å². The Morgan fingerprint density at radius 3 is 2.78 bits per heavy atom. The molecule has 2 aliphatic heterocycles. The van der Waals surface area contributed by atoms with Gasteiger partial charge in [0.25, 0.3) is 5.91 Å². The molecule has 0 spiro atoms. The van der Waals surface area contributed by atoms with Crippen LogP contribution in [0.4, 0.5) is 5.82 Å². The Morgan fingerprint density at radius 1 is 1.17 bits per heavy atom. The van der Waals surface area contributed by atoms with Gasteiger partial charge >= 0.3 is 0 Å². The average molecular weight is 314 g/mol. The van der Waals surface area contributed by atoms with Crippen molar-refractivity contribution in [3.63, 3.8) is 0 Å². The molecule has 0 unspecified atom stereocenters. The van der Waals surface area contributed by atoms with Crippen LogP contribution in [0.15, 0.2) is 22.9 Å².